The third-order valence-electron chi connectivity index (χ3n) is 6.59. The van der Waals surface area contributed by atoms with Crippen LogP contribution >= 0.6 is 11.6 Å². The number of nitrogens with one attached hydrogen (secondary N) is 3. The number of ether oxygens (including phenoxy) is 1. The fourth-order valence-electron chi connectivity index (χ4n) is 4.82. The highest BCUT2D eigenvalue weighted by atomic mass is 35.5. The largest absolute Gasteiger partial charge is 0.457 e. The fourth-order valence-corrected chi connectivity index (χ4v) is 5.08. The number of hydrogen-bond donors (Lipinski definition) is 3. The van der Waals surface area contributed by atoms with Crippen molar-refractivity contribution in [3.05, 3.63) is 77.1 Å². The minimum Gasteiger partial charge on any atom is -0.457 e. The van der Waals surface area contributed by atoms with Crippen LogP contribution in [0.15, 0.2) is 60.9 Å². The lowest BCUT2D eigenvalue weighted by atomic mass is 9.90. The highest BCUT2D eigenvalue weighted by Crippen LogP contribution is 2.38. The van der Waals surface area contributed by atoms with Crippen molar-refractivity contribution < 1.29 is 14.3 Å². The third-order valence-corrected chi connectivity index (χ3v) is 6.90. The minimum absolute atomic E-state index is 0.242. The summed E-state index contributed by atoms with van der Waals surface area (Å²) in [6.07, 6.45) is 7.53. The third kappa shape index (κ3) is 4.99. The van der Waals surface area contributed by atoms with Gasteiger partial charge in [0.15, 0.2) is 12.0 Å². The number of H-pyrrole nitrogens is 1. The smallest absolute Gasteiger partial charge is 0.211 e. The number of piperidine rings is 1. The van der Waals surface area contributed by atoms with Crippen LogP contribution in [0.4, 0.5) is 11.4 Å². The summed E-state index contributed by atoms with van der Waals surface area (Å²) in [4.78, 5) is 34.3. The topological polar surface area (TPSA) is 123 Å². The quantitative estimate of drug-likeness (QED) is 0.155. The molecule has 1 atom stereocenters. The van der Waals surface area contributed by atoms with E-state index < -0.39 is 5.54 Å². The SMILES string of the molecule is CC1(Nc2c(NC=O)cnc3[nH]cc(C(=O)c4ccc(Oc5ccccc5)cc4Cl)c23)CCCN(C#N)C1. The minimum atomic E-state index is -0.479. The second-order valence-electron chi connectivity index (χ2n) is 9.43. The molecule has 10 heteroatoms. The molecule has 0 saturated carbocycles. The molecule has 9 nitrogen and oxygen atoms in total. The molecule has 1 fully saturated rings. The Balaban J connectivity index is 1.53. The van der Waals surface area contributed by atoms with Crippen molar-refractivity contribution in [2.45, 2.75) is 25.3 Å². The van der Waals surface area contributed by atoms with Crippen LogP contribution in [0.3, 0.4) is 0 Å². The first kappa shape index (κ1) is 25.1. The Morgan fingerprint density at radius 1 is 1.24 bits per heavy atom. The molecule has 0 bridgehead atoms. The van der Waals surface area contributed by atoms with Gasteiger partial charge in [0.05, 0.1) is 45.6 Å². The van der Waals surface area contributed by atoms with E-state index in [1.165, 1.54) is 6.20 Å². The summed E-state index contributed by atoms with van der Waals surface area (Å²) in [5.41, 5.74) is 1.62. The van der Waals surface area contributed by atoms with Gasteiger partial charge in [-0.2, -0.15) is 5.26 Å². The molecule has 1 aliphatic rings. The number of rotatable bonds is 8. The van der Waals surface area contributed by atoms with E-state index in [4.69, 9.17) is 16.3 Å². The Kier molecular flexibility index (Phi) is 6.90. The Morgan fingerprint density at radius 2 is 2.05 bits per heavy atom. The molecule has 1 saturated heterocycles. The molecule has 0 aliphatic carbocycles. The van der Waals surface area contributed by atoms with Gasteiger partial charge in [0.1, 0.15) is 17.1 Å². The second-order valence-corrected chi connectivity index (χ2v) is 9.84. The lowest BCUT2D eigenvalue weighted by Gasteiger charge is -2.40. The number of nitrogens with zero attached hydrogens (tertiary/aromatic N) is 3. The second kappa shape index (κ2) is 10.4. The number of aromatic nitrogens is 2. The van der Waals surface area contributed by atoms with E-state index in [2.05, 4.69) is 26.8 Å². The fraction of sp³-hybridized carbons (Fsp3) is 0.214. The van der Waals surface area contributed by atoms with Crippen LogP contribution in [0.5, 0.6) is 11.5 Å². The maximum Gasteiger partial charge on any atom is 0.211 e. The van der Waals surface area contributed by atoms with Gasteiger partial charge in [0.2, 0.25) is 6.41 Å². The predicted octanol–water partition coefficient (Wildman–Crippen LogP) is 5.56. The highest BCUT2D eigenvalue weighted by Gasteiger charge is 2.33. The number of ketones is 1. The van der Waals surface area contributed by atoms with Gasteiger partial charge in [0, 0.05) is 24.4 Å². The summed E-state index contributed by atoms with van der Waals surface area (Å²) in [6.45, 7) is 3.19. The van der Waals surface area contributed by atoms with Crippen molar-refractivity contribution in [1.29, 1.82) is 5.26 Å². The van der Waals surface area contributed by atoms with Crippen LogP contribution < -0.4 is 15.4 Å². The summed E-state index contributed by atoms with van der Waals surface area (Å²) in [6, 6.07) is 14.2. The number of fused-ring (bicyclic) bond motifs is 1. The molecule has 192 valence electrons. The molecule has 3 heterocycles. The van der Waals surface area contributed by atoms with E-state index in [0.717, 1.165) is 12.8 Å². The molecule has 2 aromatic carbocycles. The monoisotopic (exact) mass is 528 g/mol. The van der Waals surface area contributed by atoms with Gasteiger partial charge in [-0.3, -0.25) is 9.59 Å². The Bertz CT molecular complexity index is 1550. The molecular weight excluding hydrogens is 504 g/mol. The van der Waals surface area contributed by atoms with Gasteiger partial charge in [-0.05, 0) is 44.0 Å². The first-order chi connectivity index (χ1) is 18.4. The maximum atomic E-state index is 13.8. The number of pyridine rings is 1. The van der Waals surface area contributed by atoms with Crippen molar-refractivity contribution in [3.8, 4) is 17.7 Å². The van der Waals surface area contributed by atoms with Crippen molar-refractivity contribution in [1.82, 2.24) is 14.9 Å². The molecule has 3 N–H and O–H groups in total. The van der Waals surface area contributed by atoms with Crippen LogP contribution in [0, 0.1) is 11.5 Å². The van der Waals surface area contributed by atoms with E-state index in [1.54, 1.807) is 29.3 Å². The Morgan fingerprint density at radius 3 is 2.79 bits per heavy atom. The summed E-state index contributed by atoms with van der Waals surface area (Å²) in [5.74, 6) is 0.848. The Hall–Kier alpha value is -4.55. The van der Waals surface area contributed by atoms with Gasteiger partial charge in [-0.15, -0.1) is 0 Å². The maximum absolute atomic E-state index is 13.8. The van der Waals surface area contributed by atoms with Crippen molar-refractivity contribution in [2.75, 3.05) is 23.7 Å². The number of likely N-dealkylation sites (tertiary alicyclic amines) is 1. The number of carbonyl (C=O) groups is 2. The van der Waals surface area contributed by atoms with E-state index in [-0.39, 0.29) is 10.8 Å². The number of halogens is 1. The molecule has 0 spiro atoms. The standard InChI is InChI=1S/C28H25ClN6O3/c1-28(10-5-11-35(15-28)16-30)34-25-23(33-17-36)14-32-27-24(25)21(13-31-27)26(37)20-9-8-19(12-22(20)29)38-18-6-3-2-4-7-18/h2-4,6-9,12-14,17H,5,10-11,15H2,1H3,(H,33,36)(H2,31,32,34). The molecule has 1 unspecified atom stereocenters. The van der Waals surface area contributed by atoms with E-state index in [9.17, 15) is 14.9 Å². The average molecular weight is 529 g/mol. The summed E-state index contributed by atoms with van der Waals surface area (Å²) in [5, 5.41) is 16.4. The number of amides is 1. The van der Waals surface area contributed by atoms with Gasteiger partial charge in [0.25, 0.3) is 0 Å². The van der Waals surface area contributed by atoms with Crippen molar-refractivity contribution in [3.63, 3.8) is 0 Å². The molecule has 1 aliphatic heterocycles. The van der Waals surface area contributed by atoms with E-state index >= 15 is 0 Å². The molecule has 38 heavy (non-hydrogen) atoms. The van der Waals surface area contributed by atoms with E-state index in [0.29, 0.717) is 64.5 Å². The van der Waals surface area contributed by atoms with Crippen molar-refractivity contribution in [2.24, 2.45) is 0 Å². The number of carbonyl (C=O) groups excluding carboxylic acids is 2. The lowest BCUT2D eigenvalue weighted by Crippen LogP contribution is -2.49. The zero-order chi connectivity index (χ0) is 26.7. The van der Waals surface area contributed by atoms with Crippen LogP contribution in [-0.2, 0) is 4.79 Å². The van der Waals surface area contributed by atoms with Crippen LogP contribution in [0.25, 0.3) is 11.0 Å². The van der Waals surface area contributed by atoms with E-state index in [1.807, 2.05) is 37.3 Å². The predicted molar refractivity (Wildman–Crippen MR) is 146 cm³/mol. The van der Waals surface area contributed by atoms with Gasteiger partial charge < -0.3 is 25.3 Å². The summed E-state index contributed by atoms with van der Waals surface area (Å²) >= 11 is 6.55. The van der Waals surface area contributed by atoms with Crippen LogP contribution in [0.2, 0.25) is 5.02 Å². The number of anilines is 2. The van der Waals surface area contributed by atoms with Gasteiger partial charge in [-0.1, -0.05) is 29.8 Å². The average Bonchev–Trinajstić information content (AvgIpc) is 3.35. The van der Waals surface area contributed by atoms with Gasteiger partial charge in [-0.25, -0.2) is 4.98 Å². The zero-order valence-electron chi connectivity index (χ0n) is 20.6. The lowest BCUT2D eigenvalue weighted by molar-refractivity contribution is -0.105. The normalized spacial score (nSPS) is 17.0. The number of nitriles is 1. The molecular formula is C28H25ClN6O3. The molecule has 1 amide bonds. The first-order valence-corrected chi connectivity index (χ1v) is 12.5. The molecule has 4 aromatic rings. The number of benzene rings is 2. The molecule has 0 radical (unpaired) electrons. The number of aromatic amines is 1. The summed E-state index contributed by atoms with van der Waals surface area (Å²) < 4.78 is 5.84. The molecule has 2 aromatic heterocycles. The Labute approximate surface area is 224 Å². The van der Waals surface area contributed by atoms with Gasteiger partial charge >= 0.3 is 0 Å². The summed E-state index contributed by atoms with van der Waals surface area (Å²) in [7, 11) is 0. The van der Waals surface area contributed by atoms with Crippen molar-refractivity contribution >= 4 is 46.2 Å². The zero-order valence-corrected chi connectivity index (χ0v) is 21.4. The van der Waals surface area contributed by atoms with Crippen LogP contribution in [-0.4, -0.2) is 45.7 Å². The number of hydrogen-bond acceptors (Lipinski definition) is 7. The first-order valence-electron chi connectivity index (χ1n) is 12.1. The molecule has 5 rings (SSSR count). The highest BCUT2D eigenvalue weighted by molar-refractivity contribution is 6.36. The van der Waals surface area contributed by atoms with Crippen LogP contribution in [0.1, 0.15) is 35.7 Å². The number of para-hydroxylation sites is 1.